The van der Waals surface area contributed by atoms with Gasteiger partial charge in [-0.05, 0) is 42.5 Å². The van der Waals surface area contributed by atoms with E-state index in [0.717, 1.165) is 37.2 Å². The van der Waals surface area contributed by atoms with Crippen molar-refractivity contribution in [3.63, 3.8) is 0 Å². The van der Waals surface area contributed by atoms with Crippen LogP contribution in [-0.4, -0.2) is 39.2 Å². The second-order valence-electron chi connectivity index (χ2n) is 7.53. The van der Waals surface area contributed by atoms with Crippen LogP contribution in [0.5, 0.6) is 0 Å². The van der Waals surface area contributed by atoms with E-state index in [1.165, 1.54) is 15.6 Å². The summed E-state index contributed by atoms with van der Waals surface area (Å²) in [4.78, 5) is 6.90. The zero-order valence-corrected chi connectivity index (χ0v) is 17.5. The van der Waals surface area contributed by atoms with Gasteiger partial charge in [-0.1, -0.05) is 13.8 Å². The number of nitrogens with zero attached hydrogens (tertiary/aromatic N) is 3. The van der Waals surface area contributed by atoms with Crippen LogP contribution in [0.25, 0.3) is 0 Å². The van der Waals surface area contributed by atoms with Gasteiger partial charge >= 0.3 is 0 Å². The molecule has 6 nitrogen and oxygen atoms in total. The molecule has 0 amide bonds. The summed E-state index contributed by atoms with van der Waals surface area (Å²) in [5.41, 5.74) is 1.87. The van der Waals surface area contributed by atoms with E-state index in [1.54, 1.807) is 17.6 Å². The van der Waals surface area contributed by atoms with Crippen LogP contribution in [-0.2, 0) is 21.3 Å². The van der Waals surface area contributed by atoms with Gasteiger partial charge in [-0.3, -0.25) is 0 Å². The molecule has 0 bridgehead atoms. The molecule has 0 N–H and O–H groups in total. The molecule has 1 aromatic carbocycles. The largest absolute Gasteiger partial charge is 0.378 e. The van der Waals surface area contributed by atoms with E-state index in [2.05, 4.69) is 23.7 Å². The first-order valence-electron chi connectivity index (χ1n) is 9.23. The number of rotatable bonds is 4. The van der Waals surface area contributed by atoms with Gasteiger partial charge in [-0.25, -0.2) is 17.7 Å². The molecule has 1 aromatic heterocycles. The summed E-state index contributed by atoms with van der Waals surface area (Å²) in [7, 11) is -1.70. The van der Waals surface area contributed by atoms with Crippen molar-refractivity contribution in [2.75, 3.05) is 29.4 Å². The van der Waals surface area contributed by atoms with Gasteiger partial charge in [-0.15, -0.1) is 11.3 Å². The van der Waals surface area contributed by atoms with Crippen molar-refractivity contribution in [1.82, 2.24) is 4.98 Å². The maximum atomic E-state index is 12.8. The number of sulfonamides is 1. The Bertz CT molecular complexity index is 918. The average molecular weight is 408 g/mol. The van der Waals surface area contributed by atoms with Crippen molar-refractivity contribution in [3.8, 4) is 0 Å². The third-order valence-corrected chi connectivity index (χ3v) is 8.74. The number of methoxy groups -OCH3 is 1. The van der Waals surface area contributed by atoms with Crippen molar-refractivity contribution in [2.45, 2.75) is 43.7 Å². The predicted octanol–water partition coefficient (Wildman–Crippen LogP) is 3.49. The topological polar surface area (TPSA) is 62.7 Å². The summed E-state index contributed by atoms with van der Waals surface area (Å²) in [5, 5.41) is 2.32. The number of ether oxygens (including phenoxy) is 1. The maximum absolute atomic E-state index is 12.8. The van der Waals surface area contributed by atoms with Crippen molar-refractivity contribution in [2.24, 2.45) is 5.92 Å². The van der Waals surface area contributed by atoms with Gasteiger partial charge in [0.05, 0.1) is 17.0 Å². The van der Waals surface area contributed by atoms with E-state index >= 15 is 0 Å². The number of anilines is 2. The first-order chi connectivity index (χ1) is 12.9. The molecule has 4 rings (SSSR count). The summed E-state index contributed by atoms with van der Waals surface area (Å²) < 4.78 is 32.9. The Morgan fingerprint density at radius 3 is 2.59 bits per heavy atom. The van der Waals surface area contributed by atoms with Crippen LogP contribution in [0, 0.1) is 5.92 Å². The first-order valence-corrected chi connectivity index (χ1v) is 11.5. The molecule has 2 aliphatic rings. The minimum absolute atomic E-state index is 0.0573. The smallest absolute Gasteiger partial charge is 0.266 e. The molecular weight excluding hydrogens is 382 g/mol. The van der Waals surface area contributed by atoms with Crippen molar-refractivity contribution in [1.29, 1.82) is 0 Å². The number of fused-ring (bicyclic) bond motifs is 1. The van der Waals surface area contributed by atoms with E-state index in [1.807, 2.05) is 19.2 Å². The quantitative estimate of drug-likeness (QED) is 0.776. The predicted molar refractivity (Wildman–Crippen MR) is 108 cm³/mol. The normalized spacial score (nSPS) is 20.9. The molecule has 3 heterocycles. The Hall–Kier alpha value is -1.64. The molecule has 1 saturated heterocycles. The van der Waals surface area contributed by atoms with E-state index in [9.17, 15) is 8.42 Å². The Labute approximate surface area is 164 Å². The number of piperidine rings is 1. The zero-order chi connectivity index (χ0) is 19.2. The molecule has 2 aromatic rings. The fourth-order valence-electron chi connectivity index (χ4n) is 4.17. The van der Waals surface area contributed by atoms with Crippen LogP contribution in [0.3, 0.4) is 0 Å². The van der Waals surface area contributed by atoms with Gasteiger partial charge in [0.25, 0.3) is 10.0 Å². The fraction of sp³-hybridized carbons (Fsp3) is 0.526. The molecule has 2 aliphatic heterocycles. The second kappa shape index (κ2) is 6.76. The van der Waals surface area contributed by atoms with E-state index in [4.69, 9.17) is 4.74 Å². The highest BCUT2D eigenvalue weighted by Gasteiger charge is 2.39. The molecule has 146 valence electrons. The highest BCUT2D eigenvalue weighted by atomic mass is 32.2. The first kappa shape index (κ1) is 18.7. The Morgan fingerprint density at radius 1 is 1.26 bits per heavy atom. The highest BCUT2D eigenvalue weighted by Crippen LogP contribution is 2.39. The molecule has 8 heteroatoms. The fourth-order valence-corrected chi connectivity index (χ4v) is 6.63. The lowest BCUT2D eigenvalue weighted by molar-refractivity contribution is -0.0650. The van der Waals surface area contributed by atoms with Crippen LogP contribution in [0.2, 0.25) is 0 Å². The zero-order valence-electron chi connectivity index (χ0n) is 15.9. The van der Waals surface area contributed by atoms with Crippen molar-refractivity contribution in [3.05, 3.63) is 35.3 Å². The van der Waals surface area contributed by atoms with Gasteiger partial charge in [-0.2, -0.15) is 0 Å². The second-order valence-corrected chi connectivity index (χ2v) is 10.2. The summed E-state index contributed by atoms with van der Waals surface area (Å²) in [6, 6.07) is 5.70. The molecular formula is C19H25N3O3S2. The van der Waals surface area contributed by atoms with Gasteiger partial charge in [0.15, 0.2) is 5.13 Å². The lowest BCUT2D eigenvalue weighted by Crippen LogP contribution is -2.48. The lowest BCUT2D eigenvalue weighted by atomic mass is 9.81. The molecule has 0 aliphatic carbocycles. The van der Waals surface area contributed by atoms with Gasteiger partial charge in [0.2, 0.25) is 0 Å². The summed E-state index contributed by atoms with van der Waals surface area (Å²) in [5.74, 6) is 0.474. The third kappa shape index (κ3) is 3.03. The van der Waals surface area contributed by atoms with Gasteiger partial charge in [0.1, 0.15) is 0 Å². The SMILES string of the molecule is COC1(C(C)C)CCN(c2ccc3c(c2)CN(c2nccs2)S3(=O)=O)CC1. The third-order valence-electron chi connectivity index (χ3n) is 5.99. The Kier molecular flexibility index (Phi) is 4.68. The Balaban J connectivity index is 1.57. The lowest BCUT2D eigenvalue weighted by Gasteiger charge is -2.44. The number of hydrogen-bond acceptors (Lipinski definition) is 6. The number of aromatic nitrogens is 1. The van der Waals surface area contributed by atoms with Crippen LogP contribution in [0.15, 0.2) is 34.7 Å². The van der Waals surface area contributed by atoms with Crippen LogP contribution >= 0.6 is 11.3 Å². The minimum Gasteiger partial charge on any atom is -0.378 e. The molecule has 0 atom stereocenters. The summed E-state index contributed by atoms with van der Waals surface area (Å²) in [6.07, 6.45) is 3.58. The molecule has 0 unspecified atom stereocenters. The van der Waals surface area contributed by atoms with Crippen LogP contribution in [0.1, 0.15) is 32.3 Å². The van der Waals surface area contributed by atoms with Crippen LogP contribution in [0.4, 0.5) is 10.8 Å². The molecule has 0 saturated carbocycles. The standard InChI is InChI=1S/C19H25N3O3S2/c1-14(2)19(25-3)6-9-21(10-7-19)16-4-5-17-15(12-16)13-22(27(17,23)24)18-20-8-11-26-18/h4-5,8,11-12,14H,6-7,9-10,13H2,1-3H3. The van der Waals surface area contributed by atoms with Gasteiger partial charge < -0.3 is 9.64 Å². The van der Waals surface area contributed by atoms with E-state index in [0.29, 0.717) is 22.5 Å². The molecule has 1 fully saturated rings. The van der Waals surface area contributed by atoms with Crippen LogP contribution < -0.4 is 9.21 Å². The van der Waals surface area contributed by atoms with Crippen molar-refractivity contribution >= 4 is 32.2 Å². The number of hydrogen-bond donors (Lipinski definition) is 0. The van der Waals surface area contributed by atoms with Crippen molar-refractivity contribution < 1.29 is 13.2 Å². The van der Waals surface area contributed by atoms with E-state index in [-0.39, 0.29) is 5.60 Å². The average Bonchev–Trinajstić information content (AvgIpc) is 3.27. The minimum atomic E-state index is -3.51. The maximum Gasteiger partial charge on any atom is 0.266 e. The molecule has 0 radical (unpaired) electrons. The summed E-state index contributed by atoms with van der Waals surface area (Å²) >= 11 is 1.34. The van der Waals surface area contributed by atoms with Gasteiger partial charge in [0, 0.05) is 37.5 Å². The number of benzene rings is 1. The number of thiazole rings is 1. The van der Waals surface area contributed by atoms with E-state index < -0.39 is 10.0 Å². The molecule has 0 spiro atoms. The monoisotopic (exact) mass is 407 g/mol. The Morgan fingerprint density at radius 2 is 2.00 bits per heavy atom. The summed E-state index contributed by atoms with van der Waals surface area (Å²) in [6.45, 7) is 6.60. The highest BCUT2D eigenvalue weighted by molar-refractivity contribution is 7.93. The molecule has 27 heavy (non-hydrogen) atoms.